The molecule has 90 valence electrons. The molecular weight excluding hydrogens is 215 g/mol. The molecule has 0 saturated carbocycles. The van der Waals surface area contributed by atoms with Crippen LogP contribution in [0, 0.1) is 23.1 Å². The number of hydrogen-bond acceptors (Lipinski definition) is 2. The zero-order valence-corrected chi connectivity index (χ0v) is 10.1. The minimum absolute atomic E-state index is 0.339. The van der Waals surface area contributed by atoms with Gasteiger partial charge >= 0.3 is 0 Å². The first-order chi connectivity index (χ1) is 8.24. The third-order valence-corrected chi connectivity index (χ3v) is 3.61. The summed E-state index contributed by atoms with van der Waals surface area (Å²) in [5.74, 6) is 0.464. The van der Waals surface area contributed by atoms with Crippen molar-refractivity contribution in [2.45, 2.75) is 26.2 Å². The summed E-state index contributed by atoms with van der Waals surface area (Å²) in [5, 5.41) is 9.03. The van der Waals surface area contributed by atoms with Crippen LogP contribution in [-0.2, 0) is 0 Å². The van der Waals surface area contributed by atoms with Gasteiger partial charge in [-0.3, -0.25) is 0 Å². The Labute approximate surface area is 102 Å². The van der Waals surface area contributed by atoms with Crippen LogP contribution >= 0.6 is 0 Å². The van der Waals surface area contributed by atoms with E-state index in [4.69, 9.17) is 5.26 Å². The Morgan fingerprint density at radius 3 is 2.71 bits per heavy atom. The van der Waals surface area contributed by atoms with Crippen LogP contribution < -0.4 is 4.90 Å². The third-order valence-electron chi connectivity index (χ3n) is 3.61. The van der Waals surface area contributed by atoms with Gasteiger partial charge in [0.15, 0.2) is 0 Å². The summed E-state index contributed by atoms with van der Waals surface area (Å²) in [6.07, 6.45) is 3.56. The zero-order valence-electron chi connectivity index (χ0n) is 10.1. The lowest BCUT2D eigenvalue weighted by atomic mass is 9.94. The van der Waals surface area contributed by atoms with Crippen molar-refractivity contribution in [1.82, 2.24) is 0 Å². The predicted octanol–water partition coefficient (Wildman–Crippen LogP) is 3.32. The van der Waals surface area contributed by atoms with Gasteiger partial charge in [-0.15, -0.1) is 0 Å². The molecule has 0 spiro atoms. The molecule has 1 saturated heterocycles. The van der Waals surface area contributed by atoms with Crippen LogP contribution in [0.1, 0.15) is 31.7 Å². The molecule has 0 radical (unpaired) electrons. The van der Waals surface area contributed by atoms with E-state index in [2.05, 4.69) is 17.9 Å². The molecule has 1 aromatic rings. The Hall–Kier alpha value is -1.56. The van der Waals surface area contributed by atoms with Crippen LogP contribution in [0.4, 0.5) is 10.1 Å². The van der Waals surface area contributed by atoms with Gasteiger partial charge in [-0.05, 0) is 37.0 Å². The Morgan fingerprint density at radius 1 is 1.41 bits per heavy atom. The van der Waals surface area contributed by atoms with Gasteiger partial charge in [0, 0.05) is 13.1 Å². The standard InChI is InChI=1S/C14H17FN2/c1-2-11-5-7-17(8-6-11)14-4-3-13(15)9-12(14)10-16/h3-4,9,11H,2,5-8H2,1H3. The van der Waals surface area contributed by atoms with Crippen LogP contribution in [0.3, 0.4) is 0 Å². The summed E-state index contributed by atoms with van der Waals surface area (Å²) >= 11 is 0. The van der Waals surface area contributed by atoms with Crippen molar-refractivity contribution in [3.63, 3.8) is 0 Å². The Bertz CT molecular complexity index is 428. The summed E-state index contributed by atoms with van der Waals surface area (Å²) in [4.78, 5) is 2.20. The van der Waals surface area contributed by atoms with Crippen LogP contribution in [0.2, 0.25) is 0 Å². The molecule has 0 atom stereocenters. The first kappa shape index (κ1) is 11.9. The highest BCUT2D eigenvalue weighted by Gasteiger charge is 2.20. The second-order valence-corrected chi connectivity index (χ2v) is 4.61. The van der Waals surface area contributed by atoms with Crippen molar-refractivity contribution in [1.29, 1.82) is 5.26 Å². The van der Waals surface area contributed by atoms with E-state index in [0.29, 0.717) is 5.56 Å². The highest BCUT2D eigenvalue weighted by atomic mass is 19.1. The molecule has 2 nitrogen and oxygen atoms in total. The molecule has 0 unspecified atom stereocenters. The molecule has 1 aromatic carbocycles. The molecule has 1 fully saturated rings. The summed E-state index contributed by atoms with van der Waals surface area (Å²) in [5.41, 5.74) is 1.32. The van der Waals surface area contributed by atoms with E-state index in [0.717, 1.165) is 24.7 Å². The smallest absolute Gasteiger partial charge is 0.124 e. The van der Waals surface area contributed by atoms with Crippen molar-refractivity contribution in [2.24, 2.45) is 5.92 Å². The monoisotopic (exact) mass is 232 g/mol. The average Bonchev–Trinajstić information content (AvgIpc) is 2.39. The maximum absolute atomic E-state index is 13.0. The second-order valence-electron chi connectivity index (χ2n) is 4.61. The van der Waals surface area contributed by atoms with Gasteiger partial charge in [0.05, 0.1) is 11.3 Å². The zero-order chi connectivity index (χ0) is 12.3. The fourth-order valence-corrected chi connectivity index (χ4v) is 2.46. The third kappa shape index (κ3) is 2.58. The maximum atomic E-state index is 13.0. The molecule has 1 aliphatic heterocycles. The van der Waals surface area contributed by atoms with E-state index in [9.17, 15) is 4.39 Å². The number of rotatable bonds is 2. The van der Waals surface area contributed by atoms with Crippen molar-refractivity contribution in [3.05, 3.63) is 29.6 Å². The van der Waals surface area contributed by atoms with Crippen LogP contribution in [0.5, 0.6) is 0 Å². The maximum Gasteiger partial charge on any atom is 0.124 e. The average molecular weight is 232 g/mol. The normalized spacial score (nSPS) is 16.9. The first-order valence-corrected chi connectivity index (χ1v) is 6.19. The second kappa shape index (κ2) is 5.18. The Kier molecular flexibility index (Phi) is 3.63. The minimum atomic E-state index is -0.339. The van der Waals surface area contributed by atoms with Crippen molar-refractivity contribution in [2.75, 3.05) is 18.0 Å². The number of halogens is 1. The molecule has 1 aliphatic rings. The number of piperidine rings is 1. The fourth-order valence-electron chi connectivity index (χ4n) is 2.46. The predicted molar refractivity (Wildman–Crippen MR) is 66.3 cm³/mol. The minimum Gasteiger partial charge on any atom is -0.370 e. The summed E-state index contributed by atoms with van der Waals surface area (Å²) in [6, 6.07) is 6.55. The molecule has 17 heavy (non-hydrogen) atoms. The van der Waals surface area contributed by atoms with Crippen molar-refractivity contribution in [3.8, 4) is 6.07 Å². The molecule has 0 N–H and O–H groups in total. The van der Waals surface area contributed by atoms with Gasteiger partial charge in [-0.25, -0.2) is 4.39 Å². The summed E-state index contributed by atoms with van der Waals surface area (Å²) < 4.78 is 13.0. The number of benzene rings is 1. The lowest BCUT2D eigenvalue weighted by Crippen LogP contribution is -2.33. The lowest BCUT2D eigenvalue weighted by molar-refractivity contribution is 0.395. The SMILES string of the molecule is CCC1CCN(c2ccc(F)cc2C#N)CC1. The van der Waals surface area contributed by atoms with Gasteiger partial charge in [0.2, 0.25) is 0 Å². The molecular formula is C14H17FN2. The van der Waals surface area contributed by atoms with Crippen molar-refractivity contribution >= 4 is 5.69 Å². The van der Waals surface area contributed by atoms with Gasteiger partial charge in [0.25, 0.3) is 0 Å². The van der Waals surface area contributed by atoms with Gasteiger partial charge in [0.1, 0.15) is 11.9 Å². The largest absolute Gasteiger partial charge is 0.370 e. The van der Waals surface area contributed by atoms with E-state index in [-0.39, 0.29) is 5.82 Å². The Balaban J connectivity index is 2.16. The fraction of sp³-hybridized carbons (Fsp3) is 0.500. The van der Waals surface area contributed by atoms with Gasteiger partial charge in [-0.1, -0.05) is 13.3 Å². The van der Waals surface area contributed by atoms with E-state index in [1.54, 1.807) is 6.07 Å². The molecule has 2 rings (SSSR count). The number of hydrogen-bond donors (Lipinski definition) is 0. The summed E-state index contributed by atoms with van der Waals surface area (Å²) in [6.45, 7) is 4.16. The van der Waals surface area contributed by atoms with Gasteiger partial charge < -0.3 is 4.90 Å². The van der Waals surface area contributed by atoms with Crippen LogP contribution in [0.25, 0.3) is 0 Å². The molecule has 0 bridgehead atoms. The Morgan fingerprint density at radius 2 is 2.12 bits per heavy atom. The van der Waals surface area contributed by atoms with Gasteiger partial charge in [-0.2, -0.15) is 5.26 Å². The molecule has 3 heteroatoms. The van der Waals surface area contributed by atoms with E-state index in [1.165, 1.54) is 31.4 Å². The number of nitrogens with zero attached hydrogens (tertiary/aromatic N) is 2. The number of nitriles is 1. The topological polar surface area (TPSA) is 27.0 Å². The molecule has 0 aromatic heterocycles. The highest BCUT2D eigenvalue weighted by Crippen LogP contribution is 2.27. The van der Waals surface area contributed by atoms with E-state index in [1.807, 2.05) is 0 Å². The summed E-state index contributed by atoms with van der Waals surface area (Å²) in [7, 11) is 0. The lowest BCUT2D eigenvalue weighted by Gasteiger charge is -2.33. The quantitative estimate of drug-likeness (QED) is 0.782. The molecule has 0 amide bonds. The van der Waals surface area contributed by atoms with Crippen LogP contribution in [-0.4, -0.2) is 13.1 Å². The first-order valence-electron chi connectivity index (χ1n) is 6.19. The number of anilines is 1. The highest BCUT2D eigenvalue weighted by molar-refractivity contribution is 5.59. The van der Waals surface area contributed by atoms with E-state index >= 15 is 0 Å². The van der Waals surface area contributed by atoms with E-state index < -0.39 is 0 Å². The molecule has 0 aliphatic carbocycles. The van der Waals surface area contributed by atoms with Crippen molar-refractivity contribution < 1.29 is 4.39 Å². The molecule has 1 heterocycles. The van der Waals surface area contributed by atoms with Crippen LogP contribution in [0.15, 0.2) is 18.2 Å².